The van der Waals surface area contributed by atoms with Crippen molar-refractivity contribution in [1.29, 1.82) is 0 Å². The third kappa shape index (κ3) is 8.15. The summed E-state index contributed by atoms with van der Waals surface area (Å²) >= 11 is 1.57. The fraction of sp³-hybridized carbons (Fsp3) is 0.438. The summed E-state index contributed by atoms with van der Waals surface area (Å²) in [5.74, 6) is 2.48. The average molecular weight is 593 g/mol. The van der Waals surface area contributed by atoms with Crippen LogP contribution in [-0.4, -0.2) is 74.3 Å². The smallest absolute Gasteiger partial charge is 0.310 e. The number of esters is 1. The molecule has 1 aliphatic heterocycles. The first-order chi connectivity index (χ1) is 20.3. The van der Waals surface area contributed by atoms with Crippen LogP contribution in [0.1, 0.15) is 46.9 Å². The molecule has 9 nitrogen and oxygen atoms in total. The highest BCUT2D eigenvalue weighted by atomic mass is 32.2. The summed E-state index contributed by atoms with van der Waals surface area (Å²) in [4.78, 5) is 38.6. The number of hydrogen-bond donors (Lipinski definition) is 0. The lowest BCUT2D eigenvalue weighted by Gasteiger charge is -2.31. The van der Waals surface area contributed by atoms with Crippen molar-refractivity contribution in [3.8, 4) is 11.5 Å². The Balaban J connectivity index is 1.32. The molecule has 42 heavy (non-hydrogen) atoms. The summed E-state index contributed by atoms with van der Waals surface area (Å²) in [6.07, 6.45) is 2.39. The maximum atomic E-state index is 13.1. The number of carbonyl (C=O) groups is 2. The van der Waals surface area contributed by atoms with Gasteiger partial charge in [-0.3, -0.25) is 9.59 Å². The number of piperidine rings is 1. The van der Waals surface area contributed by atoms with Crippen LogP contribution in [0.5, 0.6) is 11.5 Å². The van der Waals surface area contributed by atoms with Gasteiger partial charge in [0.15, 0.2) is 16.7 Å². The molecular weight excluding hydrogens is 552 g/mol. The van der Waals surface area contributed by atoms with Gasteiger partial charge in [0.1, 0.15) is 5.82 Å². The summed E-state index contributed by atoms with van der Waals surface area (Å²) in [6.45, 7) is 5.98. The molecule has 0 radical (unpaired) electrons. The van der Waals surface area contributed by atoms with Crippen LogP contribution in [0, 0.1) is 12.8 Å². The van der Waals surface area contributed by atoms with Gasteiger partial charge < -0.3 is 24.0 Å². The average Bonchev–Trinajstić information content (AvgIpc) is 3.02. The third-order valence-corrected chi connectivity index (χ3v) is 8.21. The van der Waals surface area contributed by atoms with Crippen LogP contribution in [0.15, 0.2) is 53.7 Å². The lowest BCUT2D eigenvalue weighted by molar-refractivity contribution is -0.149. The summed E-state index contributed by atoms with van der Waals surface area (Å²) in [7, 11) is 5.31. The van der Waals surface area contributed by atoms with Crippen molar-refractivity contribution in [3.05, 3.63) is 70.9 Å². The van der Waals surface area contributed by atoms with Crippen molar-refractivity contribution in [1.82, 2.24) is 14.9 Å². The standard InChI is InChI=1S/C32H40N4O5S/c1-6-41-31(38)26-8-7-16-36(20-26)30(37)25-12-9-24(10-13-25)21-42-32-33-22(2)18-29(34-32)35(3)17-15-23-11-14-27(39-4)28(19-23)40-5/h9-14,18-19,26H,6-8,15-17,20-21H2,1-5H3/t26-/m0/s1. The minimum Gasteiger partial charge on any atom is -0.493 e. The molecule has 1 aromatic heterocycles. The zero-order valence-electron chi connectivity index (χ0n) is 25.1. The summed E-state index contributed by atoms with van der Waals surface area (Å²) in [6, 6.07) is 15.6. The van der Waals surface area contributed by atoms with E-state index in [0.29, 0.717) is 36.2 Å². The van der Waals surface area contributed by atoms with Crippen LogP contribution in [-0.2, 0) is 21.7 Å². The number of amides is 1. The zero-order valence-corrected chi connectivity index (χ0v) is 25.9. The molecule has 3 aromatic rings. The minimum atomic E-state index is -0.248. The van der Waals surface area contributed by atoms with E-state index in [1.54, 1.807) is 37.8 Å². The van der Waals surface area contributed by atoms with Crippen LogP contribution in [0.2, 0.25) is 0 Å². The summed E-state index contributed by atoms with van der Waals surface area (Å²) in [5.41, 5.74) is 3.76. The highest BCUT2D eigenvalue weighted by Crippen LogP contribution is 2.28. The SMILES string of the molecule is CCOC(=O)[C@H]1CCCN(C(=O)c2ccc(CSc3nc(C)cc(N(C)CCc4ccc(OC)c(OC)c4)n3)cc2)C1. The predicted octanol–water partition coefficient (Wildman–Crippen LogP) is 5.19. The molecule has 1 fully saturated rings. The van der Waals surface area contributed by atoms with Gasteiger partial charge in [-0.15, -0.1) is 0 Å². The molecule has 1 amide bonds. The Morgan fingerprint density at radius 2 is 1.76 bits per heavy atom. The number of methoxy groups -OCH3 is 2. The number of nitrogens with zero attached hydrogens (tertiary/aromatic N) is 4. The molecule has 1 atom stereocenters. The van der Waals surface area contributed by atoms with E-state index in [1.165, 1.54) is 0 Å². The Labute approximate surface area is 252 Å². The summed E-state index contributed by atoms with van der Waals surface area (Å²) < 4.78 is 15.9. The van der Waals surface area contributed by atoms with E-state index in [4.69, 9.17) is 19.2 Å². The third-order valence-electron chi connectivity index (χ3n) is 7.29. The summed E-state index contributed by atoms with van der Waals surface area (Å²) in [5, 5.41) is 0.710. The van der Waals surface area contributed by atoms with Crippen LogP contribution >= 0.6 is 11.8 Å². The first-order valence-electron chi connectivity index (χ1n) is 14.3. The fourth-order valence-electron chi connectivity index (χ4n) is 4.92. The normalized spacial score (nSPS) is 14.8. The zero-order chi connectivity index (χ0) is 30.1. The van der Waals surface area contributed by atoms with Crippen molar-refractivity contribution in [2.45, 2.75) is 44.0 Å². The van der Waals surface area contributed by atoms with Gasteiger partial charge in [-0.25, -0.2) is 9.97 Å². The molecule has 224 valence electrons. The maximum Gasteiger partial charge on any atom is 0.310 e. The second-order valence-corrected chi connectivity index (χ2v) is 11.3. The highest BCUT2D eigenvalue weighted by molar-refractivity contribution is 7.98. The van der Waals surface area contributed by atoms with Gasteiger partial charge in [0.2, 0.25) is 0 Å². The number of aromatic nitrogens is 2. The van der Waals surface area contributed by atoms with E-state index in [0.717, 1.165) is 59.9 Å². The van der Waals surface area contributed by atoms with E-state index in [2.05, 4.69) is 9.88 Å². The molecule has 0 N–H and O–H groups in total. The number of ether oxygens (including phenoxy) is 3. The Kier molecular flexibility index (Phi) is 11.1. The van der Waals surface area contributed by atoms with E-state index in [-0.39, 0.29) is 17.8 Å². The van der Waals surface area contributed by atoms with Crippen molar-refractivity contribution in [2.24, 2.45) is 5.92 Å². The van der Waals surface area contributed by atoms with Crippen molar-refractivity contribution in [2.75, 3.05) is 52.4 Å². The lowest BCUT2D eigenvalue weighted by atomic mass is 9.97. The van der Waals surface area contributed by atoms with E-state index in [1.807, 2.05) is 62.5 Å². The second-order valence-electron chi connectivity index (χ2n) is 10.3. The molecule has 0 spiro atoms. The van der Waals surface area contributed by atoms with Crippen LogP contribution in [0.25, 0.3) is 0 Å². The van der Waals surface area contributed by atoms with Gasteiger partial charge in [0.25, 0.3) is 5.91 Å². The van der Waals surface area contributed by atoms with Gasteiger partial charge >= 0.3 is 5.97 Å². The quantitative estimate of drug-likeness (QED) is 0.160. The van der Waals surface area contributed by atoms with Crippen LogP contribution < -0.4 is 14.4 Å². The molecule has 0 aliphatic carbocycles. The number of aryl methyl sites for hydroxylation is 1. The molecule has 0 bridgehead atoms. The number of anilines is 1. The van der Waals surface area contributed by atoms with Gasteiger partial charge in [-0.05, 0) is 68.5 Å². The molecule has 2 aromatic carbocycles. The molecular formula is C32H40N4O5S. The fourth-order valence-corrected chi connectivity index (χ4v) is 5.78. The van der Waals surface area contributed by atoms with Gasteiger partial charge in [0, 0.05) is 49.8 Å². The maximum absolute atomic E-state index is 13.1. The van der Waals surface area contributed by atoms with Gasteiger partial charge in [-0.2, -0.15) is 0 Å². The Bertz CT molecular complexity index is 1370. The molecule has 10 heteroatoms. The molecule has 0 unspecified atom stereocenters. The molecule has 4 rings (SSSR count). The van der Waals surface area contributed by atoms with Crippen LogP contribution in [0.4, 0.5) is 5.82 Å². The van der Waals surface area contributed by atoms with Crippen molar-refractivity contribution in [3.63, 3.8) is 0 Å². The lowest BCUT2D eigenvalue weighted by Crippen LogP contribution is -2.42. The number of rotatable bonds is 12. The Morgan fingerprint density at radius 3 is 2.48 bits per heavy atom. The number of carbonyl (C=O) groups excluding carboxylic acids is 2. The molecule has 0 saturated carbocycles. The predicted molar refractivity (Wildman–Crippen MR) is 165 cm³/mol. The van der Waals surface area contributed by atoms with E-state index in [9.17, 15) is 9.59 Å². The largest absolute Gasteiger partial charge is 0.493 e. The number of thioether (sulfide) groups is 1. The molecule has 1 aliphatic rings. The Hall–Kier alpha value is -3.79. The number of hydrogen-bond acceptors (Lipinski definition) is 9. The highest BCUT2D eigenvalue weighted by Gasteiger charge is 2.29. The first kappa shape index (κ1) is 31.2. The van der Waals surface area contributed by atoms with Gasteiger partial charge in [0.05, 0.1) is 26.7 Å². The topological polar surface area (TPSA) is 94.1 Å². The monoisotopic (exact) mass is 592 g/mol. The molecule has 1 saturated heterocycles. The van der Waals surface area contributed by atoms with Gasteiger partial charge in [-0.1, -0.05) is 30.0 Å². The number of benzene rings is 2. The van der Waals surface area contributed by atoms with E-state index < -0.39 is 0 Å². The van der Waals surface area contributed by atoms with Crippen LogP contribution in [0.3, 0.4) is 0 Å². The van der Waals surface area contributed by atoms with Crippen molar-refractivity contribution >= 4 is 29.5 Å². The molecule has 2 heterocycles. The Morgan fingerprint density at radius 1 is 1.02 bits per heavy atom. The van der Waals surface area contributed by atoms with Crippen molar-refractivity contribution < 1.29 is 23.8 Å². The van der Waals surface area contributed by atoms with E-state index >= 15 is 0 Å². The number of likely N-dealkylation sites (tertiary alicyclic amines) is 1. The minimum absolute atomic E-state index is 0.0500. The second kappa shape index (κ2) is 14.9. The number of likely N-dealkylation sites (N-methyl/N-ethyl adjacent to an activating group) is 1. The first-order valence-corrected chi connectivity index (χ1v) is 15.2.